The van der Waals surface area contributed by atoms with Crippen LogP contribution in [0.5, 0.6) is 0 Å². The summed E-state index contributed by atoms with van der Waals surface area (Å²) in [6, 6.07) is -0.0657. The molecule has 0 aliphatic rings. The van der Waals surface area contributed by atoms with Crippen LogP contribution in [0.15, 0.2) is 0 Å². The highest BCUT2D eigenvalue weighted by Crippen LogP contribution is 2.26. The third-order valence-corrected chi connectivity index (χ3v) is 3.77. The van der Waals surface area contributed by atoms with Crippen molar-refractivity contribution in [3.8, 4) is 0 Å². The molecule has 0 amide bonds. The number of hydrogen-bond donors (Lipinski definition) is 1. The molecular weight excluding hydrogens is 210 g/mol. The van der Waals surface area contributed by atoms with Gasteiger partial charge in [-0.25, -0.2) is 4.79 Å². The van der Waals surface area contributed by atoms with Crippen LogP contribution in [-0.2, 0) is 9.59 Å². The Morgan fingerprint density at radius 2 is 1.88 bits per heavy atom. The van der Waals surface area contributed by atoms with Crippen LogP contribution in [0, 0.1) is 0 Å². The van der Waals surface area contributed by atoms with Gasteiger partial charge in [0, 0.05) is 6.92 Å². The smallest absolute Gasteiger partial charge is 0.371 e. The first-order valence-corrected chi connectivity index (χ1v) is 5.40. The van der Waals surface area contributed by atoms with Crippen molar-refractivity contribution in [3.63, 3.8) is 0 Å². The molecule has 0 saturated heterocycles. The second-order valence-corrected chi connectivity index (χ2v) is 4.84. The number of nitrogens with zero attached hydrogens (tertiary/aromatic N) is 1. The average molecular weight is 231 g/mol. The van der Waals surface area contributed by atoms with E-state index in [-0.39, 0.29) is 10.5 Å². The molecule has 0 rings (SSSR count). The van der Waals surface area contributed by atoms with Crippen LogP contribution in [-0.4, -0.2) is 47.2 Å². The number of aliphatic carboxylic acids is 2. The minimum Gasteiger partial charge on any atom is -0.543 e. The fraction of sp³-hybridized carbons (Fsp3) is 0.818. The number of carboxylic acid groups (broad SMARTS) is 2. The van der Waals surface area contributed by atoms with Gasteiger partial charge in [-0.2, -0.15) is 0 Å². The molecule has 5 nitrogen and oxygen atoms in total. The lowest BCUT2D eigenvalue weighted by Gasteiger charge is -2.47. The summed E-state index contributed by atoms with van der Waals surface area (Å²) >= 11 is 0. The van der Waals surface area contributed by atoms with E-state index in [2.05, 4.69) is 0 Å². The molecule has 0 fully saturated rings. The van der Waals surface area contributed by atoms with E-state index < -0.39 is 17.5 Å². The maximum Gasteiger partial charge on any atom is 0.371 e. The second-order valence-electron chi connectivity index (χ2n) is 4.84. The topological polar surface area (TPSA) is 77.4 Å². The maximum atomic E-state index is 11.2. The highest BCUT2D eigenvalue weighted by atomic mass is 16.4. The van der Waals surface area contributed by atoms with E-state index in [1.165, 1.54) is 6.92 Å². The molecular formula is C11H21NO4. The van der Waals surface area contributed by atoms with E-state index >= 15 is 0 Å². The Bertz CT molecular complexity index is 272. The Morgan fingerprint density at radius 3 is 2.12 bits per heavy atom. The lowest BCUT2D eigenvalue weighted by Crippen LogP contribution is -2.72. The summed E-state index contributed by atoms with van der Waals surface area (Å²) in [7, 11) is 3.23. The predicted molar refractivity (Wildman–Crippen MR) is 57.5 cm³/mol. The number of carbonyl (C=O) groups excluding carboxylic acids is 1. The molecule has 2 atom stereocenters. The summed E-state index contributed by atoms with van der Waals surface area (Å²) in [4.78, 5) is 22.3. The van der Waals surface area contributed by atoms with Gasteiger partial charge in [-0.1, -0.05) is 13.3 Å². The molecule has 0 radical (unpaired) electrons. The summed E-state index contributed by atoms with van der Waals surface area (Å²) in [5.74, 6) is -2.91. The minimum absolute atomic E-state index is 0.0657. The average Bonchev–Trinajstić information content (AvgIpc) is 2.15. The number of hydrogen-bond acceptors (Lipinski definition) is 3. The van der Waals surface area contributed by atoms with Crippen molar-refractivity contribution >= 4 is 11.9 Å². The van der Waals surface area contributed by atoms with Gasteiger partial charge in [0.25, 0.3) is 0 Å². The molecule has 0 aromatic carbocycles. The summed E-state index contributed by atoms with van der Waals surface area (Å²) in [5, 5.41) is 20.2. The quantitative estimate of drug-likeness (QED) is 0.509. The van der Waals surface area contributed by atoms with Crippen molar-refractivity contribution in [1.29, 1.82) is 0 Å². The van der Waals surface area contributed by atoms with Crippen LogP contribution >= 0.6 is 0 Å². The van der Waals surface area contributed by atoms with Crippen LogP contribution in [0.1, 0.15) is 33.6 Å². The van der Waals surface area contributed by atoms with Gasteiger partial charge in [0.05, 0.1) is 20.1 Å². The van der Waals surface area contributed by atoms with Crippen molar-refractivity contribution in [2.75, 3.05) is 14.1 Å². The van der Waals surface area contributed by atoms with Gasteiger partial charge in [0.15, 0.2) is 0 Å². The van der Waals surface area contributed by atoms with Gasteiger partial charge < -0.3 is 19.5 Å². The Hall–Kier alpha value is -1.10. The zero-order valence-electron chi connectivity index (χ0n) is 10.6. The maximum absolute atomic E-state index is 11.2. The number of carbonyl (C=O) groups is 2. The van der Waals surface area contributed by atoms with E-state index in [0.29, 0.717) is 0 Å². The first-order chi connectivity index (χ1) is 7.12. The van der Waals surface area contributed by atoms with Crippen LogP contribution in [0.25, 0.3) is 0 Å². The molecule has 94 valence electrons. The molecule has 0 aliphatic carbocycles. The summed E-state index contributed by atoms with van der Waals surface area (Å²) in [6.45, 7) is 5.04. The van der Waals surface area contributed by atoms with E-state index in [0.717, 1.165) is 12.8 Å². The van der Waals surface area contributed by atoms with Crippen molar-refractivity contribution in [2.45, 2.75) is 45.2 Å². The lowest BCUT2D eigenvalue weighted by molar-refractivity contribution is -0.944. The molecule has 16 heavy (non-hydrogen) atoms. The summed E-state index contributed by atoms with van der Waals surface area (Å²) in [6.07, 6.45) is 1.65. The van der Waals surface area contributed by atoms with Gasteiger partial charge in [-0.3, -0.25) is 0 Å². The van der Waals surface area contributed by atoms with Crippen molar-refractivity contribution in [2.24, 2.45) is 0 Å². The standard InChI is InChI=1S/C11H21NO4/c1-6-7-8(2)12(4,5)11(3,9(13)14)10(15)16/h8H,6-7H2,1-5H3,(H-,13,14,15,16). The first kappa shape index (κ1) is 14.9. The second kappa shape index (κ2) is 4.82. The molecule has 0 aromatic rings. The Morgan fingerprint density at radius 1 is 1.44 bits per heavy atom. The Kier molecular flexibility index (Phi) is 4.49. The van der Waals surface area contributed by atoms with Crippen molar-refractivity contribution in [3.05, 3.63) is 0 Å². The van der Waals surface area contributed by atoms with E-state index in [4.69, 9.17) is 5.11 Å². The van der Waals surface area contributed by atoms with Gasteiger partial charge in [0.2, 0.25) is 5.54 Å². The highest BCUT2D eigenvalue weighted by molar-refractivity contribution is 6.00. The molecule has 0 spiro atoms. The summed E-state index contributed by atoms with van der Waals surface area (Å²) in [5.41, 5.74) is -1.92. The summed E-state index contributed by atoms with van der Waals surface area (Å²) < 4.78 is -0.126. The van der Waals surface area contributed by atoms with Gasteiger partial charge in [-0.05, 0) is 13.3 Å². The molecule has 0 aliphatic heterocycles. The van der Waals surface area contributed by atoms with Gasteiger partial charge in [0.1, 0.15) is 5.97 Å². The lowest BCUT2D eigenvalue weighted by atomic mass is 9.94. The van der Waals surface area contributed by atoms with Crippen LogP contribution in [0.2, 0.25) is 0 Å². The van der Waals surface area contributed by atoms with Gasteiger partial charge >= 0.3 is 5.97 Å². The zero-order valence-corrected chi connectivity index (χ0v) is 10.6. The van der Waals surface area contributed by atoms with E-state index in [9.17, 15) is 14.7 Å². The van der Waals surface area contributed by atoms with E-state index in [1.807, 2.05) is 13.8 Å². The third-order valence-electron chi connectivity index (χ3n) is 3.77. The number of rotatable bonds is 6. The SMILES string of the molecule is CCCC(C)[N+](C)(C)C(C)(C(=O)[O-])C(=O)O. The molecule has 0 heterocycles. The van der Waals surface area contributed by atoms with Crippen molar-refractivity contribution in [1.82, 2.24) is 0 Å². The largest absolute Gasteiger partial charge is 0.543 e. The van der Waals surface area contributed by atoms with Gasteiger partial charge in [-0.15, -0.1) is 0 Å². The molecule has 0 bridgehead atoms. The minimum atomic E-state index is -1.92. The molecule has 5 heteroatoms. The first-order valence-electron chi connectivity index (χ1n) is 5.40. The fourth-order valence-corrected chi connectivity index (χ4v) is 1.75. The molecule has 0 saturated carbocycles. The third kappa shape index (κ3) is 2.19. The Labute approximate surface area is 96.3 Å². The van der Waals surface area contributed by atoms with Crippen LogP contribution in [0.3, 0.4) is 0 Å². The Balaban J connectivity index is 5.36. The fourth-order valence-electron chi connectivity index (χ4n) is 1.75. The molecule has 2 unspecified atom stereocenters. The van der Waals surface area contributed by atoms with E-state index in [1.54, 1.807) is 14.1 Å². The predicted octanol–water partition coefficient (Wildman–Crippen LogP) is -0.155. The number of likely N-dealkylation sites (N-methyl/N-ethyl adjacent to an activating group) is 1. The molecule has 0 aromatic heterocycles. The normalized spacial score (nSPS) is 17.6. The molecule has 1 N–H and O–H groups in total. The monoisotopic (exact) mass is 231 g/mol. The number of carboxylic acids is 2. The van der Waals surface area contributed by atoms with Crippen LogP contribution < -0.4 is 5.11 Å². The van der Waals surface area contributed by atoms with Crippen molar-refractivity contribution < 1.29 is 24.3 Å². The zero-order chi connectivity index (χ0) is 13.1. The van der Waals surface area contributed by atoms with Crippen LogP contribution in [0.4, 0.5) is 0 Å². The highest BCUT2D eigenvalue weighted by Gasteiger charge is 2.52. The number of quaternary nitrogens is 1.